The first-order chi connectivity index (χ1) is 13.9. The summed E-state index contributed by atoms with van der Waals surface area (Å²) in [5, 5.41) is 10.9. The van der Waals surface area contributed by atoms with Crippen molar-refractivity contribution in [3.05, 3.63) is 65.2 Å². The summed E-state index contributed by atoms with van der Waals surface area (Å²) in [5.41, 5.74) is 2.72. The normalized spacial score (nSPS) is 19.7. The molecule has 2 aromatic carbocycles. The topological polar surface area (TPSA) is 62.3 Å². The molecule has 1 fully saturated rings. The van der Waals surface area contributed by atoms with E-state index in [1.807, 2.05) is 43.1 Å². The number of methoxy groups -OCH3 is 1. The van der Waals surface area contributed by atoms with E-state index in [1.54, 1.807) is 7.11 Å². The molecule has 4 nitrogen and oxygen atoms in total. The molecule has 1 heterocycles. The number of piperidine rings is 1. The molecule has 2 aromatic rings. The fraction of sp³-hybridized carbons (Fsp3) is 0.400. The van der Waals surface area contributed by atoms with Gasteiger partial charge in [-0.05, 0) is 62.3 Å². The summed E-state index contributed by atoms with van der Waals surface area (Å²) in [5.74, 6) is 13.1. The van der Waals surface area contributed by atoms with E-state index in [0.717, 1.165) is 49.1 Å². The van der Waals surface area contributed by atoms with Gasteiger partial charge in [-0.3, -0.25) is 5.84 Å². The van der Waals surface area contributed by atoms with Crippen LogP contribution in [0, 0.1) is 23.2 Å². The standard InChI is InChI=1S/C25H29N3O/c1-24(2,14-9-16-26)22-12-13-23(29-3)20(18-22)19-25(15-7-8-17-28(25)27)21-10-5-4-6-11-21/h4-6,10-13,18H,7-8,15,17,19,27H2,1-3H3. The van der Waals surface area contributed by atoms with Crippen LogP contribution in [0.15, 0.2) is 48.5 Å². The maximum absolute atomic E-state index is 8.86. The lowest BCUT2D eigenvalue weighted by Gasteiger charge is -2.45. The lowest BCUT2D eigenvalue weighted by Crippen LogP contribution is -2.54. The molecule has 29 heavy (non-hydrogen) atoms. The number of hydrogen-bond donors (Lipinski definition) is 1. The van der Waals surface area contributed by atoms with Crippen LogP contribution in [-0.2, 0) is 17.4 Å². The largest absolute Gasteiger partial charge is 0.496 e. The maximum Gasteiger partial charge on any atom is 0.152 e. The first kappa shape index (κ1) is 20.9. The lowest BCUT2D eigenvalue weighted by molar-refractivity contribution is 0.0420. The molecule has 0 aliphatic carbocycles. The SMILES string of the molecule is COc1ccc(C(C)(C)C#CC#N)cc1CC1(c2ccccc2)CCCCN1N. The number of hydrogen-bond acceptors (Lipinski definition) is 4. The van der Waals surface area contributed by atoms with Gasteiger partial charge in [0, 0.05) is 12.5 Å². The van der Waals surface area contributed by atoms with Crippen LogP contribution < -0.4 is 10.6 Å². The maximum atomic E-state index is 8.86. The first-order valence-corrected chi connectivity index (χ1v) is 10.1. The highest BCUT2D eigenvalue weighted by molar-refractivity contribution is 5.45. The second-order valence-electron chi connectivity index (χ2n) is 8.24. The average Bonchev–Trinajstić information content (AvgIpc) is 2.74. The van der Waals surface area contributed by atoms with Gasteiger partial charge in [-0.25, -0.2) is 5.01 Å². The van der Waals surface area contributed by atoms with E-state index in [1.165, 1.54) is 5.56 Å². The molecule has 1 aliphatic heterocycles. The average molecular weight is 388 g/mol. The summed E-state index contributed by atoms with van der Waals surface area (Å²) in [6.45, 7) is 4.94. The number of hydrazine groups is 1. The zero-order valence-electron chi connectivity index (χ0n) is 17.5. The van der Waals surface area contributed by atoms with Gasteiger partial charge in [0.2, 0.25) is 0 Å². The summed E-state index contributed by atoms with van der Waals surface area (Å²) in [7, 11) is 1.70. The quantitative estimate of drug-likeness (QED) is 0.614. The highest BCUT2D eigenvalue weighted by Crippen LogP contribution is 2.41. The van der Waals surface area contributed by atoms with Crippen LogP contribution in [0.25, 0.3) is 0 Å². The van der Waals surface area contributed by atoms with Crippen molar-refractivity contribution in [3.63, 3.8) is 0 Å². The molecule has 1 atom stereocenters. The monoisotopic (exact) mass is 387 g/mol. The Hall–Kier alpha value is -2.79. The molecule has 4 heteroatoms. The molecule has 150 valence electrons. The van der Waals surface area contributed by atoms with Crippen molar-refractivity contribution in [3.8, 4) is 23.7 Å². The molecule has 1 aliphatic rings. The summed E-state index contributed by atoms with van der Waals surface area (Å²) in [6, 6.07) is 18.7. The molecule has 0 radical (unpaired) electrons. The third-order valence-corrected chi connectivity index (χ3v) is 6.02. The van der Waals surface area contributed by atoms with E-state index in [4.69, 9.17) is 15.8 Å². The third kappa shape index (κ3) is 4.30. The van der Waals surface area contributed by atoms with E-state index in [0.29, 0.717) is 0 Å². The van der Waals surface area contributed by atoms with Crippen LogP contribution in [0.2, 0.25) is 0 Å². The van der Waals surface area contributed by atoms with Crippen molar-refractivity contribution in [2.75, 3.05) is 13.7 Å². The predicted molar refractivity (Wildman–Crippen MR) is 116 cm³/mol. The zero-order valence-corrected chi connectivity index (χ0v) is 17.5. The number of benzene rings is 2. The van der Waals surface area contributed by atoms with Crippen LogP contribution in [0.3, 0.4) is 0 Å². The van der Waals surface area contributed by atoms with E-state index in [-0.39, 0.29) is 5.54 Å². The molecule has 0 aromatic heterocycles. The highest BCUT2D eigenvalue weighted by Gasteiger charge is 2.40. The summed E-state index contributed by atoms with van der Waals surface area (Å²) < 4.78 is 5.70. The Morgan fingerprint density at radius 1 is 1.17 bits per heavy atom. The van der Waals surface area contributed by atoms with Crippen molar-refractivity contribution in [2.45, 2.75) is 50.5 Å². The van der Waals surface area contributed by atoms with Gasteiger partial charge in [0.15, 0.2) is 6.07 Å². The second kappa shape index (κ2) is 8.70. The minimum absolute atomic E-state index is 0.270. The minimum Gasteiger partial charge on any atom is -0.496 e. The third-order valence-electron chi connectivity index (χ3n) is 6.02. The molecule has 2 N–H and O–H groups in total. The predicted octanol–water partition coefficient (Wildman–Crippen LogP) is 4.30. The number of ether oxygens (including phenoxy) is 1. The van der Waals surface area contributed by atoms with Crippen LogP contribution in [0.4, 0.5) is 0 Å². The molecule has 0 saturated carbocycles. The number of nitrogens with zero attached hydrogens (tertiary/aromatic N) is 2. The van der Waals surface area contributed by atoms with Gasteiger partial charge in [0.1, 0.15) is 5.75 Å². The Bertz CT molecular complexity index is 950. The fourth-order valence-corrected chi connectivity index (χ4v) is 4.28. The van der Waals surface area contributed by atoms with Crippen molar-refractivity contribution in [1.29, 1.82) is 5.26 Å². The molecule has 1 saturated heterocycles. The van der Waals surface area contributed by atoms with Gasteiger partial charge < -0.3 is 4.74 Å². The molecule has 0 bridgehead atoms. The number of nitriles is 1. The van der Waals surface area contributed by atoms with Crippen LogP contribution >= 0.6 is 0 Å². The molecule has 1 unspecified atom stereocenters. The molecule has 0 spiro atoms. The Morgan fingerprint density at radius 3 is 2.59 bits per heavy atom. The van der Waals surface area contributed by atoms with Gasteiger partial charge in [0.05, 0.1) is 18.1 Å². The van der Waals surface area contributed by atoms with Crippen molar-refractivity contribution in [1.82, 2.24) is 5.01 Å². The van der Waals surface area contributed by atoms with Crippen molar-refractivity contribution >= 4 is 0 Å². The van der Waals surface area contributed by atoms with Crippen LogP contribution in [-0.4, -0.2) is 18.7 Å². The Balaban J connectivity index is 2.08. The summed E-state index contributed by atoms with van der Waals surface area (Å²) in [4.78, 5) is 0. The van der Waals surface area contributed by atoms with Gasteiger partial charge in [-0.2, -0.15) is 5.26 Å². The number of nitrogens with two attached hydrogens (primary N) is 1. The Kier molecular flexibility index (Phi) is 6.28. The van der Waals surface area contributed by atoms with Gasteiger partial charge in [-0.15, -0.1) is 0 Å². The first-order valence-electron chi connectivity index (χ1n) is 10.1. The van der Waals surface area contributed by atoms with Crippen molar-refractivity contribution in [2.24, 2.45) is 5.84 Å². The summed E-state index contributed by atoms with van der Waals surface area (Å²) >= 11 is 0. The van der Waals surface area contributed by atoms with E-state index in [2.05, 4.69) is 42.2 Å². The summed E-state index contributed by atoms with van der Waals surface area (Å²) in [6.07, 6.45) is 4.01. The highest BCUT2D eigenvalue weighted by atomic mass is 16.5. The molecule has 0 amide bonds. The van der Waals surface area contributed by atoms with Gasteiger partial charge in [-0.1, -0.05) is 48.4 Å². The molecular formula is C25H29N3O. The molecular weight excluding hydrogens is 358 g/mol. The minimum atomic E-state index is -0.425. The van der Waals surface area contributed by atoms with E-state index in [9.17, 15) is 0 Å². The Morgan fingerprint density at radius 2 is 1.93 bits per heavy atom. The van der Waals surface area contributed by atoms with Crippen molar-refractivity contribution < 1.29 is 4.74 Å². The Labute approximate surface area is 174 Å². The van der Waals surface area contributed by atoms with Gasteiger partial charge in [0.25, 0.3) is 0 Å². The number of rotatable bonds is 5. The van der Waals surface area contributed by atoms with Crippen LogP contribution in [0.1, 0.15) is 49.8 Å². The van der Waals surface area contributed by atoms with Gasteiger partial charge >= 0.3 is 0 Å². The zero-order chi connectivity index (χ0) is 20.9. The smallest absolute Gasteiger partial charge is 0.152 e. The van der Waals surface area contributed by atoms with Crippen LogP contribution in [0.5, 0.6) is 5.75 Å². The van der Waals surface area contributed by atoms with E-state index >= 15 is 0 Å². The van der Waals surface area contributed by atoms with E-state index < -0.39 is 5.41 Å². The fourth-order valence-electron chi connectivity index (χ4n) is 4.28. The molecule has 3 rings (SSSR count). The lowest BCUT2D eigenvalue weighted by atomic mass is 9.75. The second-order valence-corrected chi connectivity index (χ2v) is 8.24.